The molecule has 140 valence electrons. The molecule has 0 unspecified atom stereocenters. The van der Waals surface area contributed by atoms with E-state index in [4.69, 9.17) is 4.42 Å². The van der Waals surface area contributed by atoms with Crippen molar-refractivity contribution in [3.8, 4) is 11.5 Å². The highest BCUT2D eigenvalue weighted by molar-refractivity contribution is 8.00. The van der Waals surface area contributed by atoms with Gasteiger partial charge in [-0.05, 0) is 50.5 Å². The first-order valence-electron chi connectivity index (χ1n) is 8.32. The lowest BCUT2D eigenvalue weighted by molar-refractivity contribution is -0.120. The van der Waals surface area contributed by atoms with Crippen LogP contribution in [0.5, 0.6) is 0 Å². The third-order valence-corrected chi connectivity index (χ3v) is 7.09. The molecular formula is C17H21N3O4S2. The summed E-state index contributed by atoms with van der Waals surface area (Å²) >= 11 is 1.16. The van der Waals surface area contributed by atoms with Gasteiger partial charge in [-0.1, -0.05) is 17.8 Å². The third-order valence-electron chi connectivity index (χ3n) is 4.39. The highest BCUT2D eigenvalue weighted by atomic mass is 32.2. The zero-order valence-electron chi connectivity index (χ0n) is 14.9. The van der Waals surface area contributed by atoms with Crippen molar-refractivity contribution < 1.29 is 17.6 Å². The minimum absolute atomic E-state index is 0.00755. The van der Waals surface area contributed by atoms with E-state index in [1.165, 1.54) is 5.56 Å². The maximum atomic E-state index is 12.3. The molecule has 1 aromatic heterocycles. The molecule has 1 aromatic carbocycles. The van der Waals surface area contributed by atoms with Gasteiger partial charge in [0.2, 0.25) is 11.8 Å². The third kappa shape index (κ3) is 4.45. The molecule has 0 spiro atoms. The molecule has 1 aliphatic heterocycles. The standard InChI is InChI=1S/C17H21N3O4S2/c1-10-4-5-13(8-11(10)2)16-19-20-17(24-16)25-12(3)15(21)18-14-6-7-26(22,23)9-14/h4-5,8,12,14H,6-7,9H2,1-3H3,(H,18,21)/t12-,14+/m1/s1. The lowest BCUT2D eigenvalue weighted by Gasteiger charge is -2.14. The van der Waals surface area contributed by atoms with Crippen molar-refractivity contribution >= 4 is 27.5 Å². The highest BCUT2D eigenvalue weighted by Crippen LogP contribution is 2.27. The number of carbonyl (C=O) groups excluding carboxylic acids is 1. The predicted molar refractivity (Wildman–Crippen MR) is 99.7 cm³/mol. The Bertz CT molecular complexity index is 924. The average Bonchev–Trinajstić information content (AvgIpc) is 3.16. The van der Waals surface area contributed by atoms with E-state index in [0.717, 1.165) is 22.9 Å². The molecule has 0 aliphatic carbocycles. The minimum atomic E-state index is -3.02. The SMILES string of the molecule is Cc1ccc(-c2nnc(S[C@H](C)C(=O)N[C@H]3CCS(=O)(=O)C3)o2)cc1C. The van der Waals surface area contributed by atoms with E-state index >= 15 is 0 Å². The van der Waals surface area contributed by atoms with Gasteiger partial charge in [-0.3, -0.25) is 4.79 Å². The molecule has 26 heavy (non-hydrogen) atoms. The molecule has 7 nitrogen and oxygen atoms in total. The second-order valence-corrected chi connectivity index (χ2v) is 10.1. The van der Waals surface area contributed by atoms with E-state index in [1.807, 2.05) is 32.0 Å². The molecule has 2 aromatic rings. The van der Waals surface area contributed by atoms with Gasteiger partial charge < -0.3 is 9.73 Å². The van der Waals surface area contributed by atoms with Crippen LogP contribution in [0, 0.1) is 13.8 Å². The lowest BCUT2D eigenvalue weighted by Crippen LogP contribution is -2.39. The molecule has 3 rings (SSSR count). The van der Waals surface area contributed by atoms with E-state index in [2.05, 4.69) is 15.5 Å². The maximum absolute atomic E-state index is 12.3. The van der Waals surface area contributed by atoms with Gasteiger partial charge in [-0.15, -0.1) is 10.2 Å². The molecule has 2 heterocycles. The quantitative estimate of drug-likeness (QED) is 0.774. The van der Waals surface area contributed by atoms with Crippen LogP contribution in [0.15, 0.2) is 27.8 Å². The fraction of sp³-hybridized carbons (Fsp3) is 0.471. The minimum Gasteiger partial charge on any atom is -0.411 e. The van der Waals surface area contributed by atoms with E-state index in [-0.39, 0.29) is 23.5 Å². The molecule has 1 fully saturated rings. The summed E-state index contributed by atoms with van der Waals surface area (Å²) < 4.78 is 28.6. The van der Waals surface area contributed by atoms with Crippen molar-refractivity contribution in [1.82, 2.24) is 15.5 Å². The van der Waals surface area contributed by atoms with Gasteiger partial charge >= 0.3 is 0 Å². The molecule has 1 N–H and O–H groups in total. The number of amides is 1. The molecule has 0 bridgehead atoms. The molecule has 9 heteroatoms. The zero-order chi connectivity index (χ0) is 18.9. The van der Waals surface area contributed by atoms with Crippen LogP contribution in [0.25, 0.3) is 11.5 Å². The molecule has 1 amide bonds. The van der Waals surface area contributed by atoms with Gasteiger partial charge in [0.15, 0.2) is 9.84 Å². The number of aromatic nitrogens is 2. The van der Waals surface area contributed by atoms with Gasteiger partial charge in [-0.2, -0.15) is 0 Å². The van der Waals surface area contributed by atoms with Crippen molar-refractivity contribution in [3.05, 3.63) is 29.3 Å². The largest absolute Gasteiger partial charge is 0.411 e. The van der Waals surface area contributed by atoms with Crippen LogP contribution < -0.4 is 5.32 Å². The Kier molecular flexibility index (Phi) is 5.38. The molecule has 0 radical (unpaired) electrons. The summed E-state index contributed by atoms with van der Waals surface area (Å²) in [5.74, 6) is 0.309. The van der Waals surface area contributed by atoms with Gasteiger partial charge in [-0.25, -0.2) is 8.42 Å². The van der Waals surface area contributed by atoms with Gasteiger partial charge in [0.05, 0.1) is 16.8 Å². The topological polar surface area (TPSA) is 102 Å². The van der Waals surface area contributed by atoms with Crippen LogP contribution in [0.2, 0.25) is 0 Å². The smallest absolute Gasteiger partial charge is 0.277 e. The number of aryl methyl sites for hydroxylation is 2. The Morgan fingerprint density at radius 1 is 1.31 bits per heavy atom. The Labute approximate surface area is 156 Å². The summed E-state index contributed by atoms with van der Waals surface area (Å²) in [6.45, 7) is 5.77. The van der Waals surface area contributed by atoms with E-state index in [9.17, 15) is 13.2 Å². The second-order valence-electron chi connectivity index (χ2n) is 6.54. The summed E-state index contributed by atoms with van der Waals surface area (Å²) in [4.78, 5) is 12.3. The van der Waals surface area contributed by atoms with Crippen LogP contribution >= 0.6 is 11.8 Å². The maximum Gasteiger partial charge on any atom is 0.277 e. The number of rotatable bonds is 5. The summed E-state index contributed by atoms with van der Waals surface area (Å²) in [5, 5.41) is 10.7. The normalized spacial score (nSPS) is 20.0. The number of benzene rings is 1. The first kappa shape index (κ1) is 18.9. The summed E-state index contributed by atoms with van der Waals surface area (Å²) in [7, 11) is -3.02. The van der Waals surface area contributed by atoms with E-state index in [1.54, 1.807) is 6.92 Å². The number of sulfone groups is 1. The van der Waals surface area contributed by atoms with E-state index in [0.29, 0.717) is 17.5 Å². The predicted octanol–water partition coefficient (Wildman–Crippen LogP) is 2.14. The number of thioether (sulfide) groups is 1. The van der Waals surface area contributed by atoms with Crippen molar-refractivity contribution in [2.24, 2.45) is 0 Å². The Hall–Kier alpha value is -1.87. The Morgan fingerprint density at radius 2 is 2.08 bits per heavy atom. The van der Waals surface area contributed by atoms with Crippen molar-refractivity contribution in [3.63, 3.8) is 0 Å². The first-order chi connectivity index (χ1) is 12.2. The number of hydrogen-bond donors (Lipinski definition) is 1. The Balaban J connectivity index is 1.61. The van der Waals surface area contributed by atoms with Crippen LogP contribution in [-0.4, -0.2) is 47.3 Å². The second kappa shape index (κ2) is 7.40. The van der Waals surface area contributed by atoms with Crippen LogP contribution in [0.3, 0.4) is 0 Å². The zero-order valence-corrected chi connectivity index (χ0v) is 16.5. The summed E-state index contributed by atoms with van der Waals surface area (Å²) in [6.07, 6.45) is 0.461. The molecule has 0 saturated carbocycles. The van der Waals surface area contributed by atoms with Crippen LogP contribution in [-0.2, 0) is 14.6 Å². The fourth-order valence-corrected chi connectivity index (χ4v) is 5.05. The monoisotopic (exact) mass is 395 g/mol. The number of carbonyl (C=O) groups is 1. The lowest BCUT2D eigenvalue weighted by atomic mass is 10.1. The number of hydrogen-bond acceptors (Lipinski definition) is 7. The average molecular weight is 396 g/mol. The van der Waals surface area contributed by atoms with Crippen molar-refractivity contribution in [2.75, 3.05) is 11.5 Å². The molecule has 1 saturated heterocycles. The van der Waals surface area contributed by atoms with Gasteiger partial charge in [0, 0.05) is 11.6 Å². The molecule has 1 aliphatic rings. The summed E-state index contributed by atoms with van der Waals surface area (Å²) in [5.41, 5.74) is 3.15. The van der Waals surface area contributed by atoms with Gasteiger partial charge in [0.25, 0.3) is 5.22 Å². The van der Waals surface area contributed by atoms with Gasteiger partial charge in [0.1, 0.15) is 0 Å². The van der Waals surface area contributed by atoms with Crippen molar-refractivity contribution in [2.45, 2.75) is 43.7 Å². The Morgan fingerprint density at radius 3 is 2.73 bits per heavy atom. The van der Waals surface area contributed by atoms with Crippen molar-refractivity contribution in [1.29, 1.82) is 0 Å². The molecular weight excluding hydrogens is 374 g/mol. The number of nitrogens with zero attached hydrogens (tertiary/aromatic N) is 2. The first-order valence-corrected chi connectivity index (χ1v) is 11.0. The van der Waals surface area contributed by atoms with E-state index < -0.39 is 15.1 Å². The fourth-order valence-electron chi connectivity index (χ4n) is 2.68. The number of nitrogens with one attached hydrogen (secondary N) is 1. The van der Waals surface area contributed by atoms with Crippen LogP contribution in [0.4, 0.5) is 0 Å². The summed E-state index contributed by atoms with van der Waals surface area (Å²) in [6, 6.07) is 5.58. The molecule has 2 atom stereocenters. The van der Waals surface area contributed by atoms with Crippen LogP contribution in [0.1, 0.15) is 24.5 Å². The highest BCUT2D eigenvalue weighted by Gasteiger charge is 2.30.